The molecule has 5 nitrogen and oxygen atoms in total. The van der Waals surface area contributed by atoms with E-state index in [-0.39, 0.29) is 5.91 Å². The first kappa shape index (κ1) is 14.2. The molecule has 0 aliphatic carbocycles. The Bertz CT molecular complexity index is 555. The van der Waals surface area contributed by atoms with Gasteiger partial charge < -0.3 is 10.2 Å². The van der Waals surface area contributed by atoms with Crippen molar-refractivity contribution in [3.05, 3.63) is 18.2 Å². The van der Waals surface area contributed by atoms with Crippen LogP contribution in [0, 0.1) is 0 Å². The molecule has 1 aromatic heterocycles. The third-order valence-corrected chi connectivity index (χ3v) is 3.96. The highest BCUT2D eigenvalue weighted by Crippen LogP contribution is 2.21. The Labute approximate surface area is 120 Å². The number of hydrogen-bond acceptors (Lipinski definition) is 6. The number of nitrogens with zero attached hydrogens (tertiary/aromatic N) is 3. The van der Waals surface area contributed by atoms with Crippen LogP contribution in [0.15, 0.2) is 18.2 Å². The van der Waals surface area contributed by atoms with Crippen molar-refractivity contribution >= 4 is 46.1 Å². The first-order valence-corrected chi connectivity index (χ1v) is 7.79. The highest BCUT2D eigenvalue weighted by molar-refractivity contribution is 7.99. The third-order valence-electron chi connectivity index (χ3n) is 2.48. The topological polar surface area (TPSA) is 58.1 Å². The van der Waals surface area contributed by atoms with Crippen LogP contribution >= 0.6 is 23.5 Å². The number of carbonyl (C=O) groups excluding carboxylic acids is 1. The fourth-order valence-electron chi connectivity index (χ4n) is 1.51. The van der Waals surface area contributed by atoms with E-state index in [1.165, 1.54) is 0 Å². The molecule has 0 fully saturated rings. The van der Waals surface area contributed by atoms with E-state index in [0.29, 0.717) is 5.75 Å². The van der Waals surface area contributed by atoms with E-state index >= 15 is 0 Å². The van der Waals surface area contributed by atoms with Crippen LogP contribution in [-0.2, 0) is 4.79 Å². The maximum atomic E-state index is 11.8. The summed E-state index contributed by atoms with van der Waals surface area (Å²) in [6.07, 6.45) is 0. The molecule has 0 aliphatic heterocycles. The van der Waals surface area contributed by atoms with Gasteiger partial charge in [-0.3, -0.25) is 4.79 Å². The van der Waals surface area contributed by atoms with Gasteiger partial charge in [-0.1, -0.05) is 6.07 Å². The molecule has 7 heteroatoms. The van der Waals surface area contributed by atoms with Crippen molar-refractivity contribution in [3.63, 3.8) is 0 Å². The zero-order chi connectivity index (χ0) is 13.7. The van der Waals surface area contributed by atoms with Crippen molar-refractivity contribution in [2.75, 3.05) is 37.5 Å². The molecule has 0 atom stereocenters. The normalized spacial score (nSPS) is 11.1. The Kier molecular flexibility index (Phi) is 5.12. The molecule has 1 amide bonds. The molecule has 0 saturated carbocycles. The first-order valence-electron chi connectivity index (χ1n) is 5.90. The highest BCUT2D eigenvalue weighted by Gasteiger charge is 2.08. The maximum absolute atomic E-state index is 11.8. The van der Waals surface area contributed by atoms with E-state index < -0.39 is 0 Å². The Balaban J connectivity index is 1.87. The fourth-order valence-corrected chi connectivity index (χ4v) is 2.95. The van der Waals surface area contributed by atoms with E-state index in [2.05, 4.69) is 19.0 Å². The van der Waals surface area contributed by atoms with Crippen LogP contribution in [0.4, 0.5) is 5.69 Å². The molecule has 0 saturated heterocycles. The molecule has 0 unspecified atom stereocenters. The number of rotatable bonds is 6. The molecule has 0 bridgehead atoms. The predicted octanol–water partition coefficient (Wildman–Crippen LogP) is 1.92. The second-order valence-electron chi connectivity index (χ2n) is 4.34. The van der Waals surface area contributed by atoms with Crippen molar-refractivity contribution in [2.45, 2.75) is 0 Å². The number of amides is 1. The summed E-state index contributed by atoms with van der Waals surface area (Å²) in [5.41, 5.74) is 2.33. The van der Waals surface area contributed by atoms with Gasteiger partial charge >= 0.3 is 0 Å². The molecule has 2 aromatic rings. The molecule has 0 radical (unpaired) electrons. The van der Waals surface area contributed by atoms with Crippen LogP contribution in [0.5, 0.6) is 0 Å². The SMILES string of the molecule is CN(C)CCSCC(=O)Nc1cccc2nsnc12. The molecule has 1 heterocycles. The van der Waals surface area contributed by atoms with Gasteiger partial charge in [0.05, 0.1) is 23.2 Å². The summed E-state index contributed by atoms with van der Waals surface area (Å²) in [7, 11) is 4.05. The number of fused-ring (bicyclic) bond motifs is 1. The van der Waals surface area contributed by atoms with Gasteiger partial charge in [-0.05, 0) is 26.2 Å². The highest BCUT2D eigenvalue weighted by atomic mass is 32.2. The van der Waals surface area contributed by atoms with Crippen LogP contribution in [0.25, 0.3) is 11.0 Å². The summed E-state index contributed by atoms with van der Waals surface area (Å²) < 4.78 is 8.34. The lowest BCUT2D eigenvalue weighted by molar-refractivity contribution is -0.113. The maximum Gasteiger partial charge on any atom is 0.234 e. The van der Waals surface area contributed by atoms with Crippen molar-refractivity contribution in [3.8, 4) is 0 Å². The summed E-state index contributed by atoms with van der Waals surface area (Å²) in [5.74, 6) is 1.41. The molecule has 2 rings (SSSR count). The number of benzene rings is 1. The summed E-state index contributed by atoms with van der Waals surface area (Å²) in [5, 5.41) is 2.89. The van der Waals surface area contributed by atoms with E-state index in [1.54, 1.807) is 11.8 Å². The van der Waals surface area contributed by atoms with Crippen molar-refractivity contribution < 1.29 is 4.79 Å². The molecule has 19 heavy (non-hydrogen) atoms. The van der Waals surface area contributed by atoms with Crippen molar-refractivity contribution in [1.29, 1.82) is 0 Å². The second-order valence-corrected chi connectivity index (χ2v) is 5.98. The van der Waals surface area contributed by atoms with Crippen molar-refractivity contribution in [1.82, 2.24) is 13.6 Å². The average Bonchev–Trinajstić information content (AvgIpc) is 2.84. The van der Waals surface area contributed by atoms with Gasteiger partial charge in [-0.15, -0.1) is 0 Å². The molecule has 1 N–H and O–H groups in total. The van der Waals surface area contributed by atoms with Crippen LogP contribution < -0.4 is 5.32 Å². The summed E-state index contributed by atoms with van der Waals surface area (Å²) in [4.78, 5) is 13.9. The molecule has 0 spiro atoms. The lowest BCUT2D eigenvalue weighted by atomic mass is 10.2. The van der Waals surface area contributed by atoms with Crippen LogP contribution in [0.3, 0.4) is 0 Å². The smallest absolute Gasteiger partial charge is 0.234 e. The molecular formula is C12H16N4OS2. The quantitative estimate of drug-likeness (QED) is 0.825. The Morgan fingerprint density at radius 1 is 1.42 bits per heavy atom. The summed E-state index contributed by atoms with van der Waals surface area (Å²) in [6, 6.07) is 5.62. The number of anilines is 1. The minimum atomic E-state index is 0.00394. The monoisotopic (exact) mass is 296 g/mol. The minimum absolute atomic E-state index is 0.00394. The lowest BCUT2D eigenvalue weighted by Gasteiger charge is -2.09. The second kappa shape index (κ2) is 6.83. The predicted molar refractivity (Wildman–Crippen MR) is 81.9 cm³/mol. The number of aromatic nitrogens is 2. The summed E-state index contributed by atoms with van der Waals surface area (Å²) >= 11 is 2.79. The van der Waals surface area contributed by atoms with Crippen LogP contribution in [0.2, 0.25) is 0 Å². The standard InChI is InChI=1S/C12H16N4OS2/c1-16(2)6-7-18-8-11(17)13-9-4-3-5-10-12(9)15-19-14-10/h3-5H,6-8H2,1-2H3,(H,13,17). The summed E-state index contributed by atoms with van der Waals surface area (Å²) in [6.45, 7) is 0.976. The van der Waals surface area contributed by atoms with Gasteiger partial charge in [-0.25, -0.2) is 0 Å². The van der Waals surface area contributed by atoms with E-state index in [9.17, 15) is 4.79 Å². The van der Waals surface area contributed by atoms with Gasteiger partial charge in [0.1, 0.15) is 11.0 Å². The fraction of sp³-hybridized carbons (Fsp3) is 0.417. The molecular weight excluding hydrogens is 280 g/mol. The Morgan fingerprint density at radius 3 is 3.05 bits per heavy atom. The minimum Gasteiger partial charge on any atom is -0.323 e. The first-order chi connectivity index (χ1) is 9.16. The van der Waals surface area contributed by atoms with Crippen LogP contribution in [0.1, 0.15) is 0 Å². The Hall–Kier alpha value is -1.18. The molecule has 1 aromatic carbocycles. The van der Waals surface area contributed by atoms with Crippen molar-refractivity contribution in [2.24, 2.45) is 0 Å². The van der Waals surface area contributed by atoms with Gasteiger partial charge in [0.25, 0.3) is 0 Å². The van der Waals surface area contributed by atoms with Gasteiger partial charge in [0.2, 0.25) is 5.91 Å². The van der Waals surface area contributed by atoms with Gasteiger partial charge in [-0.2, -0.15) is 20.5 Å². The number of nitrogens with one attached hydrogen (secondary N) is 1. The largest absolute Gasteiger partial charge is 0.323 e. The molecule has 0 aliphatic rings. The van der Waals surface area contributed by atoms with E-state index in [1.807, 2.05) is 32.3 Å². The van der Waals surface area contributed by atoms with E-state index in [0.717, 1.165) is 40.7 Å². The third kappa shape index (κ3) is 4.15. The number of hydrogen-bond donors (Lipinski definition) is 1. The number of thioether (sulfide) groups is 1. The average molecular weight is 296 g/mol. The van der Waals surface area contributed by atoms with Crippen LogP contribution in [-0.4, -0.2) is 51.7 Å². The molecule has 102 valence electrons. The zero-order valence-electron chi connectivity index (χ0n) is 10.9. The zero-order valence-corrected chi connectivity index (χ0v) is 12.6. The van der Waals surface area contributed by atoms with Gasteiger partial charge in [0.15, 0.2) is 0 Å². The van der Waals surface area contributed by atoms with E-state index in [4.69, 9.17) is 0 Å². The van der Waals surface area contributed by atoms with Gasteiger partial charge in [0, 0.05) is 12.3 Å². The Morgan fingerprint density at radius 2 is 2.26 bits per heavy atom. The number of carbonyl (C=O) groups is 1. The lowest BCUT2D eigenvalue weighted by Crippen LogP contribution is -2.18.